The highest BCUT2D eigenvalue weighted by atomic mass is 79.9. The molecule has 0 saturated heterocycles. The molecule has 0 bridgehead atoms. The van der Waals surface area contributed by atoms with E-state index >= 15 is 0 Å². The number of rotatable bonds is 6. The third-order valence-electron chi connectivity index (χ3n) is 2.77. The summed E-state index contributed by atoms with van der Waals surface area (Å²) in [5.41, 5.74) is 0. The number of likely N-dealkylation sites (N-methyl/N-ethyl adjacent to an activating group) is 1. The van der Waals surface area contributed by atoms with Crippen LogP contribution in [0.1, 0.15) is 5.76 Å². The summed E-state index contributed by atoms with van der Waals surface area (Å²) in [6.07, 6.45) is 1.82. The van der Waals surface area contributed by atoms with Gasteiger partial charge in [0.25, 0.3) is 0 Å². The number of aromatic nitrogens is 1. The lowest BCUT2D eigenvalue weighted by atomic mass is 10.3. The smallest absolute Gasteiger partial charge is 0.169 e. The summed E-state index contributed by atoms with van der Waals surface area (Å²) in [5.74, 6) is 1.90. The lowest BCUT2D eigenvalue weighted by Gasteiger charge is -2.24. The molecule has 0 aliphatic heterocycles. The van der Waals surface area contributed by atoms with Crippen LogP contribution in [-0.4, -0.2) is 37.1 Å². The Kier molecular flexibility index (Phi) is 4.99. The van der Waals surface area contributed by atoms with E-state index < -0.39 is 0 Å². The van der Waals surface area contributed by atoms with Gasteiger partial charge in [0.1, 0.15) is 11.6 Å². The average molecular weight is 324 g/mol. The van der Waals surface area contributed by atoms with Crippen LogP contribution in [0.3, 0.4) is 0 Å². The van der Waals surface area contributed by atoms with Crippen molar-refractivity contribution in [3.05, 3.63) is 47.0 Å². The zero-order valence-corrected chi connectivity index (χ0v) is 12.8. The van der Waals surface area contributed by atoms with Crippen LogP contribution < -0.4 is 4.90 Å². The van der Waals surface area contributed by atoms with Gasteiger partial charge >= 0.3 is 0 Å². The number of hydrogen-bond donors (Lipinski definition) is 0. The molecule has 2 rings (SSSR count). The minimum absolute atomic E-state index is 0.719. The molecule has 4 nitrogen and oxygen atoms in total. The Morgan fingerprint density at radius 2 is 2.00 bits per heavy atom. The summed E-state index contributed by atoms with van der Waals surface area (Å²) >= 11 is 3.33. The Morgan fingerprint density at radius 3 is 2.58 bits per heavy atom. The minimum atomic E-state index is 0.719. The number of nitrogens with zero attached hydrogens (tertiary/aromatic N) is 3. The van der Waals surface area contributed by atoms with Gasteiger partial charge < -0.3 is 14.2 Å². The average Bonchev–Trinajstić information content (AvgIpc) is 2.81. The molecule has 0 spiro atoms. The molecule has 2 aromatic rings. The fourth-order valence-electron chi connectivity index (χ4n) is 1.76. The van der Waals surface area contributed by atoms with Gasteiger partial charge in [0, 0.05) is 19.3 Å². The number of anilines is 1. The first kappa shape index (κ1) is 14.1. The Bertz CT molecular complexity index is 498. The number of halogens is 1. The van der Waals surface area contributed by atoms with Crippen LogP contribution >= 0.6 is 15.9 Å². The van der Waals surface area contributed by atoms with E-state index in [0.717, 1.165) is 35.9 Å². The van der Waals surface area contributed by atoms with Gasteiger partial charge in [0.2, 0.25) is 0 Å². The predicted octanol–water partition coefficient (Wildman–Crippen LogP) is 3.01. The van der Waals surface area contributed by atoms with Gasteiger partial charge in [0.15, 0.2) is 4.67 Å². The summed E-state index contributed by atoms with van der Waals surface area (Å²) in [6, 6.07) is 9.85. The highest BCUT2D eigenvalue weighted by molar-refractivity contribution is 9.10. The summed E-state index contributed by atoms with van der Waals surface area (Å²) in [5, 5.41) is 0. The lowest BCUT2D eigenvalue weighted by Crippen LogP contribution is -2.31. The van der Waals surface area contributed by atoms with Gasteiger partial charge in [-0.2, -0.15) is 0 Å². The number of furan rings is 1. The molecule has 0 radical (unpaired) electrons. The highest BCUT2D eigenvalue weighted by Crippen LogP contribution is 2.18. The first-order valence-corrected chi connectivity index (χ1v) is 6.99. The zero-order chi connectivity index (χ0) is 13.7. The molecule has 0 unspecified atom stereocenters. The SMILES string of the molecule is CN(C)CCN(Cc1ccc(Br)o1)c1ccccn1. The largest absolute Gasteiger partial charge is 0.452 e. The number of pyridine rings is 1. The topological polar surface area (TPSA) is 32.5 Å². The van der Waals surface area contributed by atoms with E-state index in [-0.39, 0.29) is 0 Å². The van der Waals surface area contributed by atoms with Gasteiger partial charge in [-0.1, -0.05) is 6.07 Å². The van der Waals surface area contributed by atoms with Crippen molar-refractivity contribution in [3.8, 4) is 0 Å². The number of hydrogen-bond acceptors (Lipinski definition) is 4. The first-order chi connectivity index (χ1) is 9.15. The zero-order valence-electron chi connectivity index (χ0n) is 11.2. The maximum atomic E-state index is 5.58. The van der Waals surface area contributed by atoms with E-state index in [9.17, 15) is 0 Å². The van der Waals surface area contributed by atoms with Crippen LogP contribution in [-0.2, 0) is 6.54 Å². The minimum Gasteiger partial charge on any atom is -0.452 e. The first-order valence-electron chi connectivity index (χ1n) is 6.20. The molecule has 0 fully saturated rings. The second-order valence-corrected chi connectivity index (χ2v) is 5.40. The van der Waals surface area contributed by atoms with Crippen molar-refractivity contribution in [2.45, 2.75) is 6.54 Å². The van der Waals surface area contributed by atoms with Crippen molar-refractivity contribution >= 4 is 21.7 Å². The van der Waals surface area contributed by atoms with E-state index in [1.165, 1.54) is 0 Å². The maximum absolute atomic E-state index is 5.58. The second kappa shape index (κ2) is 6.73. The van der Waals surface area contributed by atoms with E-state index in [4.69, 9.17) is 4.42 Å². The Hall–Kier alpha value is -1.33. The van der Waals surface area contributed by atoms with Crippen molar-refractivity contribution in [2.75, 3.05) is 32.1 Å². The maximum Gasteiger partial charge on any atom is 0.169 e. The van der Waals surface area contributed by atoms with Crippen molar-refractivity contribution < 1.29 is 4.42 Å². The molecule has 102 valence electrons. The van der Waals surface area contributed by atoms with Crippen LogP contribution in [0.25, 0.3) is 0 Å². The molecule has 0 saturated carbocycles. The molecule has 0 N–H and O–H groups in total. The quantitative estimate of drug-likeness (QED) is 0.818. The van der Waals surface area contributed by atoms with Gasteiger partial charge in [-0.15, -0.1) is 0 Å². The fraction of sp³-hybridized carbons (Fsp3) is 0.357. The van der Waals surface area contributed by atoms with Crippen LogP contribution in [0.2, 0.25) is 0 Å². The van der Waals surface area contributed by atoms with E-state index in [0.29, 0.717) is 0 Å². The van der Waals surface area contributed by atoms with E-state index in [2.05, 4.69) is 44.8 Å². The molecule has 2 heterocycles. The Balaban J connectivity index is 2.10. The fourth-order valence-corrected chi connectivity index (χ4v) is 2.10. The normalized spacial score (nSPS) is 10.9. The molecule has 5 heteroatoms. The third kappa shape index (κ3) is 4.36. The van der Waals surface area contributed by atoms with E-state index in [1.807, 2.05) is 36.5 Å². The summed E-state index contributed by atoms with van der Waals surface area (Å²) in [4.78, 5) is 8.79. The molecule has 19 heavy (non-hydrogen) atoms. The summed E-state index contributed by atoms with van der Waals surface area (Å²) in [7, 11) is 4.14. The molecule has 2 aromatic heterocycles. The highest BCUT2D eigenvalue weighted by Gasteiger charge is 2.11. The second-order valence-electron chi connectivity index (χ2n) is 4.62. The molecule has 0 aromatic carbocycles. The molecule has 0 aliphatic rings. The molecular weight excluding hydrogens is 306 g/mol. The molecule has 0 aliphatic carbocycles. The van der Waals surface area contributed by atoms with Crippen LogP contribution in [0, 0.1) is 0 Å². The summed E-state index contributed by atoms with van der Waals surface area (Å²) < 4.78 is 6.34. The van der Waals surface area contributed by atoms with Gasteiger partial charge in [-0.25, -0.2) is 4.98 Å². The Labute approximate surface area is 122 Å². The van der Waals surface area contributed by atoms with Crippen LogP contribution in [0.5, 0.6) is 0 Å². The molecular formula is C14H18BrN3O. The van der Waals surface area contributed by atoms with Gasteiger partial charge in [-0.05, 0) is 54.3 Å². The van der Waals surface area contributed by atoms with Crippen molar-refractivity contribution in [3.63, 3.8) is 0 Å². The van der Waals surface area contributed by atoms with Gasteiger partial charge in [0.05, 0.1) is 6.54 Å². The van der Waals surface area contributed by atoms with Crippen molar-refractivity contribution in [1.29, 1.82) is 0 Å². The third-order valence-corrected chi connectivity index (χ3v) is 3.19. The van der Waals surface area contributed by atoms with Crippen molar-refractivity contribution in [2.24, 2.45) is 0 Å². The van der Waals surface area contributed by atoms with Crippen LogP contribution in [0.15, 0.2) is 45.6 Å². The monoisotopic (exact) mass is 323 g/mol. The van der Waals surface area contributed by atoms with E-state index in [1.54, 1.807) is 0 Å². The summed E-state index contributed by atoms with van der Waals surface area (Å²) in [6.45, 7) is 2.59. The predicted molar refractivity (Wildman–Crippen MR) is 80.2 cm³/mol. The molecule has 0 atom stereocenters. The lowest BCUT2D eigenvalue weighted by molar-refractivity contribution is 0.406. The van der Waals surface area contributed by atoms with Crippen LogP contribution in [0.4, 0.5) is 5.82 Å². The standard InChI is InChI=1S/C14H18BrN3O/c1-17(2)9-10-18(14-5-3-4-8-16-14)11-12-6-7-13(15)19-12/h3-8H,9-11H2,1-2H3. The molecule has 0 amide bonds. The Morgan fingerprint density at radius 1 is 1.16 bits per heavy atom. The van der Waals surface area contributed by atoms with Crippen molar-refractivity contribution in [1.82, 2.24) is 9.88 Å². The van der Waals surface area contributed by atoms with Gasteiger partial charge in [-0.3, -0.25) is 0 Å².